The molecule has 2 N–H and O–H groups in total. The number of piperidine rings is 1. The van der Waals surface area contributed by atoms with E-state index in [0.717, 1.165) is 12.3 Å². The predicted molar refractivity (Wildman–Crippen MR) is 188 cm³/mol. The van der Waals surface area contributed by atoms with Gasteiger partial charge < -0.3 is 24.8 Å². The summed E-state index contributed by atoms with van der Waals surface area (Å²) in [6.45, 7) is 8.09. The minimum Gasteiger partial charge on any atom is -0.464 e. The van der Waals surface area contributed by atoms with Crippen molar-refractivity contribution in [2.24, 2.45) is 5.41 Å². The van der Waals surface area contributed by atoms with E-state index in [4.69, 9.17) is 31.5 Å². The van der Waals surface area contributed by atoms with E-state index in [1.165, 1.54) is 47.4 Å². The molecule has 3 heterocycles. The third-order valence-electron chi connectivity index (χ3n) is 8.95. The molecule has 3 aromatic rings. The molecule has 282 valence electrons. The van der Waals surface area contributed by atoms with Crippen molar-refractivity contribution < 1.29 is 45.4 Å². The molecule has 52 heavy (non-hydrogen) atoms. The number of anilines is 2. The SMILES string of the molecule is CCOC(=O)[C@@H]1CC2(CCN(c3cc(OC(c4cc(Cl)ccc4-c4cccc(S(C)(=O)=O)c4)C(F)(F)F)nc(N)n3)CC2)CN1C(=O)OC(C)(C)C. The summed E-state index contributed by atoms with van der Waals surface area (Å²) in [7, 11) is -3.66. The van der Waals surface area contributed by atoms with Crippen molar-refractivity contribution in [2.75, 3.05) is 43.1 Å². The van der Waals surface area contributed by atoms with Crippen molar-refractivity contribution in [1.29, 1.82) is 0 Å². The van der Waals surface area contributed by atoms with E-state index in [2.05, 4.69) is 9.97 Å². The summed E-state index contributed by atoms with van der Waals surface area (Å²) < 4.78 is 85.3. The van der Waals surface area contributed by atoms with Crippen LogP contribution in [-0.4, -0.2) is 85.7 Å². The molecule has 0 aliphatic carbocycles. The molecule has 2 saturated heterocycles. The van der Waals surface area contributed by atoms with Crippen LogP contribution in [0.5, 0.6) is 5.88 Å². The number of sulfone groups is 1. The van der Waals surface area contributed by atoms with E-state index >= 15 is 0 Å². The molecule has 0 bridgehead atoms. The van der Waals surface area contributed by atoms with Crippen molar-refractivity contribution in [3.8, 4) is 17.0 Å². The van der Waals surface area contributed by atoms with Crippen LogP contribution in [0.2, 0.25) is 5.02 Å². The van der Waals surface area contributed by atoms with Crippen LogP contribution in [-0.2, 0) is 24.1 Å². The highest BCUT2D eigenvalue weighted by atomic mass is 35.5. The zero-order chi connectivity index (χ0) is 38.2. The fraction of sp³-hybridized carbons (Fsp3) is 0.486. The zero-order valence-corrected chi connectivity index (χ0v) is 30.9. The van der Waals surface area contributed by atoms with Crippen molar-refractivity contribution in [1.82, 2.24) is 14.9 Å². The number of ether oxygens (including phenoxy) is 3. The number of benzene rings is 2. The molecule has 1 aromatic heterocycles. The lowest BCUT2D eigenvalue weighted by atomic mass is 9.76. The third-order valence-corrected chi connectivity index (χ3v) is 10.3. The number of halogens is 4. The average Bonchev–Trinajstić information content (AvgIpc) is 3.41. The Kier molecular flexibility index (Phi) is 10.9. The molecule has 2 aliphatic heterocycles. The summed E-state index contributed by atoms with van der Waals surface area (Å²) in [5, 5.41) is 0.00310. The van der Waals surface area contributed by atoms with Gasteiger partial charge in [-0.05, 0) is 87.8 Å². The van der Waals surface area contributed by atoms with Gasteiger partial charge in [-0.25, -0.2) is 18.0 Å². The molecule has 2 fully saturated rings. The van der Waals surface area contributed by atoms with Gasteiger partial charge in [0.25, 0.3) is 0 Å². The van der Waals surface area contributed by atoms with Crippen LogP contribution in [0, 0.1) is 5.41 Å². The summed E-state index contributed by atoms with van der Waals surface area (Å²) >= 11 is 6.18. The van der Waals surface area contributed by atoms with Gasteiger partial charge in [-0.1, -0.05) is 29.8 Å². The van der Waals surface area contributed by atoms with Crippen molar-refractivity contribution in [2.45, 2.75) is 75.8 Å². The Bertz CT molecular complexity index is 1930. The fourth-order valence-corrected chi connectivity index (χ4v) is 7.43. The highest BCUT2D eigenvalue weighted by Crippen LogP contribution is 2.46. The Hall–Kier alpha value is -4.31. The number of amides is 1. The van der Waals surface area contributed by atoms with E-state index in [1.54, 1.807) is 27.7 Å². The monoisotopic (exact) mass is 767 g/mol. The number of aromatic nitrogens is 2. The molecule has 0 saturated carbocycles. The third kappa shape index (κ3) is 9.00. The van der Waals surface area contributed by atoms with Gasteiger partial charge in [-0.2, -0.15) is 23.1 Å². The standard InChI is InChI=1S/C35H41ClF3N5O7S/c1-6-49-30(45)26-19-34(20-44(26)32(46)51-33(2,3)4)12-14-43(15-13-34)27-18-28(42-31(40)41-27)50-29(35(37,38)39)25-17-22(36)10-11-24(25)21-8-7-9-23(16-21)52(5,47)48/h7-11,16-18,26,29H,6,12-15,19-20H2,1-5H3,(H2,40,41,42)/t26-,29?/m0/s1. The highest BCUT2D eigenvalue weighted by Gasteiger charge is 2.51. The number of likely N-dealkylation sites (tertiary alicyclic amines) is 1. The minimum atomic E-state index is -4.97. The number of esters is 1. The number of nitrogens with two attached hydrogens (primary N) is 1. The number of nitrogens with zero attached hydrogens (tertiary/aromatic N) is 4. The molecular weight excluding hydrogens is 727 g/mol. The van der Waals surface area contributed by atoms with Crippen molar-refractivity contribution >= 4 is 45.3 Å². The number of nitrogen functional groups attached to an aromatic ring is 1. The molecule has 5 rings (SSSR count). The van der Waals surface area contributed by atoms with Crippen LogP contribution in [0.15, 0.2) is 53.4 Å². The topological polar surface area (TPSA) is 154 Å². The van der Waals surface area contributed by atoms with E-state index in [1.807, 2.05) is 4.90 Å². The predicted octanol–water partition coefficient (Wildman–Crippen LogP) is 6.62. The maximum atomic E-state index is 14.8. The van der Waals surface area contributed by atoms with Gasteiger partial charge in [0.15, 0.2) is 9.84 Å². The first kappa shape index (κ1) is 38.9. The van der Waals surface area contributed by atoms with Crippen molar-refractivity contribution in [3.05, 3.63) is 59.1 Å². The Morgan fingerprint density at radius 1 is 1.08 bits per heavy atom. The number of alkyl halides is 3. The molecule has 17 heteroatoms. The van der Waals surface area contributed by atoms with Gasteiger partial charge in [-0.15, -0.1) is 0 Å². The largest absolute Gasteiger partial charge is 0.464 e. The second-order valence-corrected chi connectivity index (χ2v) is 16.5. The molecular formula is C35H41ClF3N5O7S. The van der Waals surface area contributed by atoms with E-state index < -0.39 is 57.1 Å². The second-order valence-electron chi connectivity index (χ2n) is 14.1. The van der Waals surface area contributed by atoms with E-state index in [9.17, 15) is 31.2 Å². The van der Waals surface area contributed by atoms with Gasteiger partial charge in [0.1, 0.15) is 17.5 Å². The van der Waals surface area contributed by atoms with Gasteiger partial charge in [-0.3, -0.25) is 4.90 Å². The molecule has 0 radical (unpaired) electrons. The van der Waals surface area contributed by atoms with Crippen LogP contribution in [0.25, 0.3) is 11.1 Å². The molecule has 1 spiro atoms. The first-order valence-corrected chi connectivity index (χ1v) is 18.8. The Balaban J connectivity index is 1.40. The lowest BCUT2D eigenvalue weighted by Gasteiger charge is -2.39. The molecule has 2 atom stereocenters. The molecule has 2 aliphatic rings. The summed E-state index contributed by atoms with van der Waals surface area (Å²) in [4.78, 5) is 37.4. The Labute approximate surface area is 305 Å². The first-order valence-electron chi connectivity index (χ1n) is 16.6. The minimum absolute atomic E-state index is 0.00310. The van der Waals surface area contributed by atoms with Gasteiger partial charge >= 0.3 is 18.2 Å². The van der Waals surface area contributed by atoms with Gasteiger partial charge in [0, 0.05) is 42.5 Å². The maximum Gasteiger partial charge on any atom is 0.429 e. The number of carbonyl (C=O) groups excluding carboxylic acids is 2. The molecule has 12 nitrogen and oxygen atoms in total. The Morgan fingerprint density at radius 3 is 2.38 bits per heavy atom. The van der Waals surface area contributed by atoms with Crippen molar-refractivity contribution in [3.63, 3.8) is 0 Å². The van der Waals surface area contributed by atoms with E-state index in [-0.39, 0.29) is 51.5 Å². The highest BCUT2D eigenvalue weighted by molar-refractivity contribution is 7.90. The second kappa shape index (κ2) is 14.6. The number of carbonyl (C=O) groups is 2. The smallest absolute Gasteiger partial charge is 0.429 e. The van der Waals surface area contributed by atoms with Gasteiger partial charge in [0.2, 0.25) is 17.9 Å². The maximum absolute atomic E-state index is 14.8. The number of hydrogen-bond acceptors (Lipinski definition) is 11. The normalized spacial score (nSPS) is 18.3. The summed E-state index contributed by atoms with van der Waals surface area (Å²) in [6, 6.07) is 9.89. The fourth-order valence-electron chi connectivity index (χ4n) is 6.58. The zero-order valence-electron chi connectivity index (χ0n) is 29.4. The molecule has 1 unspecified atom stereocenters. The summed E-state index contributed by atoms with van der Waals surface area (Å²) in [5.41, 5.74) is 4.67. The van der Waals surface area contributed by atoms with Crippen LogP contribution in [0.1, 0.15) is 58.6 Å². The van der Waals surface area contributed by atoms with E-state index in [0.29, 0.717) is 32.4 Å². The lowest BCUT2D eigenvalue weighted by Crippen LogP contribution is -2.45. The molecule has 1 amide bonds. The van der Waals surface area contributed by atoms with Crippen LogP contribution >= 0.6 is 11.6 Å². The Morgan fingerprint density at radius 2 is 1.77 bits per heavy atom. The summed E-state index contributed by atoms with van der Waals surface area (Å²) in [5.74, 6) is -1.04. The number of rotatable bonds is 8. The first-order chi connectivity index (χ1) is 24.2. The van der Waals surface area contributed by atoms with Crippen LogP contribution < -0.4 is 15.4 Å². The number of hydrogen-bond donors (Lipinski definition) is 1. The lowest BCUT2D eigenvalue weighted by molar-refractivity contribution is -0.198. The average molecular weight is 768 g/mol. The van der Waals surface area contributed by atoms with Crippen LogP contribution in [0.4, 0.5) is 29.7 Å². The quantitative estimate of drug-likeness (QED) is 0.246. The van der Waals surface area contributed by atoms with Gasteiger partial charge in [0.05, 0.1) is 11.5 Å². The summed E-state index contributed by atoms with van der Waals surface area (Å²) in [6.07, 6.45) is -5.75. The molecule has 2 aromatic carbocycles. The van der Waals surface area contributed by atoms with Crippen LogP contribution in [0.3, 0.4) is 0 Å².